The van der Waals surface area contributed by atoms with Crippen molar-refractivity contribution >= 4 is 11.9 Å². The number of hydrogen-bond acceptors (Lipinski definition) is 1. The van der Waals surface area contributed by atoms with Gasteiger partial charge in [-0.3, -0.25) is 4.99 Å². The Kier molecular flexibility index (Phi) is 8.89. The number of aryl methyl sites for hydroxylation is 1. The van der Waals surface area contributed by atoms with Crippen molar-refractivity contribution in [1.29, 1.82) is 0 Å². The molecule has 1 nitrogen and oxygen atoms in total. The van der Waals surface area contributed by atoms with E-state index in [9.17, 15) is 0 Å². The summed E-state index contributed by atoms with van der Waals surface area (Å²) in [6.07, 6.45) is 20.0. The van der Waals surface area contributed by atoms with Crippen LogP contribution >= 0.6 is 0 Å². The Bertz CT molecular complexity index is 383. The topological polar surface area (TPSA) is 12.4 Å². The van der Waals surface area contributed by atoms with E-state index in [1.165, 1.54) is 5.56 Å². The molecule has 0 unspecified atom stereocenters. The van der Waals surface area contributed by atoms with Gasteiger partial charge in [0.2, 0.25) is 0 Å². The van der Waals surface area contributed by atoms with Crippen LogP contribution < -0.4 is 0 Å². The van der Waals surface area contributed by atoms with Crippen LogP contribution in [-0.2, 0) is 17.1 Å². The summed E-state index contributed by atoms with van der Waals surface area (Å²) in [5, 5.41) is 0. The maximum absolute atomic E-state index is 4.38. The van der Waals surface area contributed by atoms with E-state index >= 15 is 0 Å². The van der Waals surface area contributed by atoms with Gasteiger partial charge in [-0.15, -0.1) is 0 Å². The summed E-state index contributed by atoms with van der Waals surface area (Å²) in [6.45, 7) is 2.07. The maximum atomic E-state index is 4.38. The van der Waals surface area contributed by atoms with Crippen LogP contribution in [0.3, 0.4) is 0 Å². The van der Waals surface area contributed by atoms with Crippen LogP contribution in [0.25, 0.3) is 0 Å². The second kappa shape index (κ2) is 10.2. The first-order valence-electron chi connectivity index (χ1n) is 6.34. The van der Waals surface area contributed by atoms with E-state index < -0.39 is 0 Å². The Morgan fingerprint density at radius 2 is 1.45 bits per heavy atom. The number of benzene rings is 1. The van der Waals surface area contributed by atoms with Crippen molar-refractivity contribution < 1.29 is 17.1 Å². The molecule has 10 radical (unpaired) electrons. The van der Waals surface area contributed by atoms with Crippen molar-refractivity contribution in [3.8, 4) is 0 Å². The largest absolute Gasteiger partial charge is 0.261 e. The van der Waals surface area contributed by atoms with Gasteiger partial charge in [-0.25, -0.2) is 0 Å². The van der Waals surface area contributed by atoms with Gasteiger partial charge in [-0.05, 0) is 82.4 Å². The minimum absolute atomic E-state index is 0. The molecule has 0 aliphatic heterocycles. The summed E-state index contributed by atoms with van der Waals surface area (Å²) < 4.78 is 0. The summed E-state index contributed by atoms with van der Waals surface area (Å²) in [7, 11) is 0. The molecule has 0 aromatic heterocycles. The number of nitrogens with zero attached hydrogens (tertiary/aromatic N) is 1. The molecule has 20 heavy (non-hydrogen) atoms. The van der Waals surface area contributed by atoms with Crippen molar-refractivity contribution in [3.63, 3.8) is 0 Å². The Morgan fingerprint density at radius 3 is 2.00 bits per heavy atom. The van der Waals surface area contributed by atoms with Gasteiger partial charge in [-0.2, -0.15) is 0 Å². The SMILES string of the molecule is Cc1cccc(N=C[C]2[CH][CH][CH][CH]2)c1.[CH]1[CH][CH][CH][CH]1.[Fe]. The summed E-state index contributed by atoms with van der Waals surface area (Å²) in [4.78, 5) is 4.38. The molecule has 2 fully saturated rings. The van der Waals surface area contributed by atoms with Gasteiger partial charge in [0.05, 0.1) is 5.69 Å². The molecular weight excluding hydrogens is 286 g/mol. The third kappa shape index (κ3) is 6.72. The van der Waals surface area contributed by atoms with Crippen LogP contribution in [0.1, 0.15) is 5.56 Å². The third-order valence-corrected chi connectivity index (χ3v) is 2.61. The van der Waals surface area contributed by atoms with Crippen molar-refractivity contribution in [2.24, 2.45) is 4.99 Å². The standard InChI is InChI=1S/C13H12N.C5H5.Fe/c1-11-5-4-8-13(9-11)14-10-12-6-2-3-7-12;1-2-4-5-3-1;/h2-10H,1H3;1-5H;. The molecule has 2 aliphatic rings. The molecule has 0 saturated heterocycles. The first-order chi connectivity index (χ1) is 9.34. The van der Waals surface area contributed by atoms with E-state index in [1.54, 1.807) is 0 Å². The normalized spacial score (nSPS) is 18.6. The molecule has 0 amide bonds. The Morgan fingerprint density at radius 1 is 0.850 bits per heavy atom. The predicted octanol–water partition coefficient (Wildman–Crippen LogP) is 4.12. The average molecular weight is 303 g/mol. The summed E-state index contributed by atoms with van der Waals surface area (Å²) in [5.41, 5.74) is 2.24. The van der Waals surface area contributed by atoms with E-state index in [2.05, 4.69) is 24.0 Å². The van der Waals surface area contributed by atoms with Crippen molar-refractivity contribution in [3.05, 3.63) is 93.5 Å². The van der Waals surface area contributed by atoms with Gasteiger partial charge in [0.15, 0.2) is 0 Å². The van der Waals surface area contributed by atoms with Crippen LogP contribution in [0.2, 0.25) is 0 Å². The fourth-order valence-corrected chi connectivity index (χ4v) is 1.65. The molecule has 3 rings (SSSR count). The predicted molar refractivity (Wildman–Crippen MR) is 81.3 cm³/mol. The zero-order valence-corrected chi connectivity index (χ0v) is 12.5. The third-order valence-electron chi connectivity index (χ3n) is 2.61. The first kappa shape index (κ1) is 17.5. The van der Waals surface area contributed by atoms with Crippen LogP contribution in [0.15, 0.2) is 29.3 Å². The zero-order chi connectivity index (χ0) is 13.3. The van der Waals surface area contributed by atoms with E-state index in [1.807, 2.05) is 76.1 Å². The molecule has 0 bridgehead atoms. The van der Waals surface area contributed by atoms with Crippen LogP contribution in [0.5, 0.6) is 0 Å². The molecule has 102 valence electrons. The minimum Gasteiger partial charge on any atom is -0.261 e. The molecule has 0 N–H and O–H groups in total. The van der Waals surface area contributed by atoms with Gasteiger partial charge >= 0.3 is 0 Å². The van der Waals surface area contributed by atoms with Gasteiger partial charge in [0.25, 0.3) is 0 Å². The van der Waals surface area contributed by atoms with Crippen molar-refractivity contribution in [1.82, 2.24) is 0 Å². The second-order valence-electron chi connectivity index (χ2n) is 4.28. The molecule has 2 aliphatic carbocycles. The molecular formula is C18H17FeN. The number of aliphatic imine (C=N–C) groups is 1. The summed E-state index contributed by atoms with van der Waals surface area (Å²) in [6, 6.07) is 8.17. The molecule has 0 atom stereocenters. The van der Waals surface area contributed by atoms with Gasteiger partial charge in [0, 0.05) is 29.2 Å². The van der Waals surface area contributed by atoms with Gasteiger partial charge in [0.1, 0.15) is 0 Å². The van der Waals surface area contributed by atoms with E-state index in [4.69, 9.17) is 0 Å². The zero-order valence-electron chi connectivity index (χ0n) is 11.4. The fraction of sp³-hybridized carbons (Fsp3) is 0.0556. The molecule has 2 heteroatoms. The Labute approximate surface area is 134 Å². The second-order valence-corrected chi connectivity index (χ2v) is 4.28. The van der Waals surface area contributed by atoms with Crippen LogP contribution in [0.4, 0.5) is 5.69 Å². The monoisotopic (exact) mass is 303 g/mol. The van der Waals surface area contributed by atoms with E-state index in [0.29, 0.717) is 0 Å². The summed E-state index contributed by atoms with van der Waals surface area (Å²) in [5.74, 6) is 1.14. The number of hydrogen-bond donors (Lipinski definition) is 0. The smallest absolute Gasteiger partial charge is 0.0628 e. The fourth-order valence-electron chi connectivity index (χ4n) is 1.65. The van der Waals surface area contributed by atoms with Crippen LogP contribution in [0, 0.1) is 70.6 Å². The Balaban J connectivity index is 0.000000283. The molecule has 0 heterocycles. The van der Waals surface area contributed by atoms with Crippen molar-refractivity contribution in [2.75, 3.05) is 0 Å². The molecule has 1 aromatic carbocycles. The van der Waals surface area contributed by atoms with Gasteiger partial charge in [-0.1, -0.05) is 12.1 Å². The molecule has 1 aromatic rings. The maximum Gasteiger partial charge on any atom is 0.0628 e. The number of rotatable bonds is 2. The summed E-state index contributed by atoms with van der Waals surface area (Å²) >= 11 is 0. The first-order valence-corrected chi connectivity index (χ1v) is 6.34. The minimum atomic E-state index is 0. The van der Waals surface area contributed by atoms with Crippen molar-refractivity contribution in [2.45, 2.75) is 6.92 Å². The molecule has 2 saturated carbocycles. The van der Waals surface area contributed by atoms with E-state index in [-0.39, 0.29) is 17.1 Å². The molecule has 0 spiro atoms. The van der Waals surface area contributed by atoms with E-state index in [0.717, 1.165) is 11.6 Å². The quantitative estimate of drug-likeness (QED) is 0.575. The van der Waals surface area contributed by atoms with Gasteiger partial charge < -0.3 is 0 Å². The average Bonchev–Trinajstić information content (AvgIpc) is 3.12. The van der Waals surface area contributed by atoms with Crippen LogP contribution in [-0.4, -0.2) is 6.21 Å². The Hall–Kier alpha value is -0.591.